The van der Waals surface area contributed by atoms with Gasteiger partial charge >= 0.3 is 5.97 Å². The number of rotatable bonds is 3. The van der Waals surface area contributed by atoms with Crippen molar-refractivity contribution in [2.45, 2.75) is 19.9 Å². The lowest BCUT2D eigenvalue weighted by Crippen LogP contribution is -2.24. The number of nitrogens with zero attached hydrogens (tertiary/aromatic N) is 2. The molecule has 1 aromatic heterocycles. The van der Waals surface area contributed by atoms with Crippen LogP contribution in [0.25, 0.3) is 0 Å². The monoisotopic (exact) mass is 182 g/mol. The summed E-state index contributed by atoms with van der Waals surface area (Å²) in [6.07, 6.45) is 5.04. The van der Waals surface area contributed by atoms with Gasteiger partial charge in [-0.15, -0.1) is 0 Å². The Morgan fingerprint density at radius 2 is 2.23 bits per heavy atom. The van der Waals surface area contributed by atoms with Crippen molar-refractivity contribution in [2.75, 3.05) is 7.11 Å². The van der Waals surface area contributed by atoms with Gasteiger partial charge in [-0.3, -0.25) is 0 Å². The maximum atomic E-state index is 11.4. The number of hydrogen-bond acceptors (Lipinski definition) is 3. The molecule has 0 aliphatic heterocycles. The Kier molecular flexibility index (Phi) is 3.06. The van der Waals surface area contributed by atoms with E-state index in [1.165, 1.54) is 7.11 Å². The second kappa shape index (κ2) is 4.07. The van der Waals surface area contributed by atoms with Crippen molar-refractivity contribution in [2.24, 2.45) is 5.92 Å². The first-order chi connectivity index (χ1) is 6.16. The SMILES string of the molecule is COC(=O)[C@H](C(C)C)n1ccnc1. The van der Waals surface area contributed by atoms with Gasteiger partial charge in [0.1, 0.15) is 6.04 Å². The Labute approximate surface area is 77.5 Å². The summed E-state index contributed by atoms with van der Waals surface area (Å²) in [6, 6.07) is -0.271. The highest BCUT2D eigenvalue weighted by molar-refractivity contribution is 5.74. The van der Waals surface area contributed by atoms with Gasteiger partial charge < -0.3 is 9.30 Å². The first-order valence-corrected chi connectivity index (χ1v) is 4.22. The molecule has 1 heterocycles. The number of esters is 1. The van der Waals surface area contributed by atoms with E-state index in [1.54, 1.807) is 23.3 Å². The van der Waals surface area contributed by atoms with Crippen LogP contribution in [0.15, 0.2) is 18.7 Å². The van der Waals surface area contributed by atoms with Gasteiger partial charge in [0.2, 0.25) is 0 Å². The van der Waals surface area contributed by atoms with Crippen LogP contribution in [0.4, 0.5) is 0 Å². The lowest BCUT2D eigenvalue weighted by molar-refractivity contribution is -0.146. The molecule has 1 rings (SSSR count). The zero-order chi connectivity index (χ0) is 9.84. The molecule has 0 aromatic carbocycles. The van der Waals surface area contributed by atoms with Gasteiger partial charge in [-0.1, -0.05) is 13.8 Å². The smallest absolute Gasteiger partial charge is 0.329 e. The maximum absolute atomic E-state index is 11.4. The highest BCUT2D eigenvalue weighted by Gasteiger charge is 2.23. The zero-order valence-electron chi connectivity index (χ0n) is 8.10. The molecule has 0 fully saturated rings. The molecule has 72 valence electrons. The van der Waals surface area contributed by atoms with Gasteiger partial charge in [-0.05, 0) is 5.92 Å². The predicted molar refractivity (Wildman–Crippen MR) is 48.1 cm³/mol. The van der Waals surface area contributed by atoms with Gasteiger partial charge in [-0.2, -0.15) is 0 Å². The van der Waals surface area contributed by atoms with E-state index in [0.717, 1.165) is 0 Å². The number of carbonyl (C=O) groups excluding carboxylic acids is 1. The predicted octanol–water partition coefficient (Wildman–Crippen LogP) is 1.25. The first-order valence-electron chi connectivity index (χ1n) is 4.22. The molecule has 0 N–H and O–H groups in total. The van der Waals surface area contributed by atoms with Crippen LogP contribution in [0.2, 0.25) is 0 Å². The summed E-state index contributed by atoms with van der Waals surface area (Å²) in [6.45, 7) is 3.95. The number of carbonyl (C=O) groups is 1. The summed E-state index contributed by atoms with van der Waals surface area (Å²) in [5, 5.41) is 0. The van der Waals surface area contributed by atoms with E-state index in [9.17, 15) is 4.79 Å². The summed E-state index contributed by atoms with van der Waals surface area (Å²) in [5.74, 6) is -0.0327. The third kappa shape index (κ3) is 2.08. The highest BCUT2D eigenvalue weighted by Crippen LogP contribution is 2.18. The lowest BCUT2D eigenvalue weighted by Gasteiger charge is -2.19. The molecular formula is C9H14N2O2. The van der Waals surface area contributed by atoms with Crippen LogP contribution in [0.3, 0.4) is 0 Å². The number of hydrogen-bond donors (Lipinski definition) is 0. The topological polar surface area (TPSA) is 44.1 Å². The van der Waals surface area contributed by atoms with Crippen molar-refractivity contribution >= 4 is 5.97 Å². The average molecular weight is 182 g/mol. The van der Waals surface area contributed by atoms with E-state index in [2.05, 4.69) is 4.98 Å². The summed E-state index contributed by atoms with van der Waals surface area (Å²) >= 11 is 0. The number of aromatic nitrogens is 2. The molecule has 0 aliphatic rings. The minimum absolute atomic E-state index is 0.196. The highest BCUT2D eigenvalue weighted by atomic mass is 16.5. The second-order valence-electron chi connectivity index (χ2n) is 3.22. The van der Waals surface area contributed by atoms with Gasteiger partial charge in [0.25, 0.3) is 0 Å². The Morgan fingerprint density at radius 3 is 2.62 bits per heavy atom. The van der Waals surface area contributed by atoms with Crippen molar-refractivity contribution in [1.29, 1.82) is 0 Å². The Balaban J connectivity index is 2.87. The standard InChI is InChI=1S/C9H14N2O2/c1-7(2)8(9(12)13-3)11-5-4-10-6-11/h4-8H,1-3H3/t8-/m0/s1. The van der Waals surface area contributed by atoms with Crippen molar-refractivity contribution in [3.05, 3.63) is 18.7 Å². The summed E-state index contributed by atoms with van der Waals surface area (Å²) in [7, 11) is 1.40. The fourth-order valence-corrected chi connectivity index (χ4v) is 1.29. The van der Waals surface area contributed by atoms with Crippen LogP contribution in [-0.4, -0.2) is 22.6 Å². The quantitative estimate of drug-likeness (QED) is 0.661. The van der Waals surface area contributed by atoms with E-state index in [-0.39, 0.29) is 17.9 Å². The van der Waals surface area contributed by atoms with Gasteiger partial charge in [0.05, 0.1) is 13.4 Å². The average Bonchev–Trinajstić information content (AvgIpc) is 2.56. The summed E-state index contributed by atoms with van der Waals surface area (Å²) in [5.41, 5.74) is 0. The maximum Gasteiger partial charge on any atom is 0.329 e. The molecule has 0 spiro atoms. The van der Waals surface area contributed by atoms with E-state index in [1.807, 2.05) is 13.8 Å². The minimum atomic E-state index is -0.271. The van der Waals surface area contributed by atoms with Crippen LogP contribution < -0.4 is 0 Å². The fourth-order valence-electron chi connectivity index (χ4n) is 1.29. The molecule has 0 saturated heterocycles. The molecule has 0 saturated carbocycles. The second-order valence-corrected chi connectivity index (χ2v) is 3.22. The van der Waals surface area contributed by atoms with Crippen molar-refractivity contribution in [3.8, 4) is 0 Å². The Bertz CT molecular complexity index is 267. The number of imidazole rings is 1. The lowest BCUT2D eigenvalue weighted by atomic mass is 10.0. The molecular weight excluding hydrogens is 168 g/mol. The van der Waals surface area contributed by atoms with E-state index >= 15 is 0 Å². The molecule has 0 unspecified atom stereocenters. The molecule has 4 nitrogen and oxygen atoms in total. The molecule has 0 radical (unpaired) electrons. The Hall–Kier alpha value is -1.32. The number of ether oxygens (including phenoxy) is 1. The van der Waals surface area contributed by atoms with E-state index in [0.29, 0.717) is 0 Å². The third-order valence-corrected chi connectivity index (χ3v) is 1.92. The third-order valence-electron chi connectivity index (χ3n) is 1.92. The summed E-state index contributed by atoms with van der Waals surface area (Å²) in [4.78, 5) is 15.3. The molecule has 13 heavy (non-hydrogen) atoms. The first kappa shape index (κ1) is 9.77. The van der Waals surface area contributed by atoms with Gasteiger partial charge in [0.15, 0.2) is 0 Å². The van der Waals surface area contributed by atoms with Crippen molar-refractivity contribution < 1.29 is 9.53 Å². The molecule has 1 aromatic rings. The number of methoxy groups -OCH3 is 1. The zero-order valence-corrected chi connectivity index (χ0v) is 8.10. The molecule has 0 amide bonds. The van der Waals surface area contributed by atoms with E-state index < -0.39 is 0 Å². The fraction of sp³-hybridized carbons (Fsp3) is 0.556. The normalized spacial score (nSPS) is 12.9. The summed E-state index contributed by atoms with van der Waals surface area (Å²) < 4.78 is 6.47. The van der Waals surface area contributed by atoms with Crippen molar-refractivity contribution in [3.63, 3.8) is 0 Å². The van der Waals surface area contributed by atoms with Crippen LogP contribution in [-0.2, 0) is 9.53 Å². The molecule has 4 heteroatoms. The minimum Gasteiger partial charge on any atom is -0.467 e. The van der Waals surface area contributed by atoms with Crippen molar-refractivity contribution in [1.82, 2.24) is 9.55 Å². The van der Waals surface area contributed by atoms with Crippen LogP contribution in [0, 0.1) is 5.92 Å². The Morgan fingerprint density at radius 1 is 1.54 bits per heavy atom. The van der Waals surface area contributed by atoms with E-state index in [4.69, 9.17) is 4.74 Å². The van der Waals surface area contributed by atoms with Crippen LogP contribution in [0.1, 0.15) is 19.9 Å². The van der Waals surface area contributed by atoms with Gasteiger partial charge in [-0.25, -0.2) is 9.78 Å². The molecule has 0 bridgehead atoms. The van der Waals surface area contributed by atoms with Crippen LogP contribution >= 0.6 is 0 Å². The molecule has 1 atom stereocenters. The molecule has 0 aliphatic carbocycles. The van der Waals surface area contributed by atoms with Gasteiger partial charge in [0, 0.05) is 12.4 Å². The van der Waals surface area contributed by atoms with Crippen LogP contribution in [0.5, 0.6) is 0 Å². The largest absolute Gasteiger partial charge is 0.467 e.